The van der Waals surface area contributed by atoms with Crippen LogP contribution in [0, 0.1) is 0 Å². The van der Waals surface area contributed by atoms with E-state index in [2.05, 4.69) is 26.6 Å². The van der Waals surface area contributed by atoms with Gasteiger partial charge in [0.1, 0.15) is 0 Å². The molecule has 2 heteroatoms. The van der Waals surface area contributed by atoms with Crippen LogP contribution in [0.15, 0.2) is 0 Å². The van der Waals surface area contributed by atoms with E-state index in [-0.39, 0.29) is 5.73 Å². The molecule has 0 aromatic heterocycles. The molecule has 0 saturated carbocycles. The van der Waals surface area contributed by atoms with E-state index < -0.39 is 8.07 Å². The molecule has 0 heterocycles. The summed E-state index contributed by atoms with van der Waals surface area (Å²) in [5.41, 5.74) is 0.00845. The Morgan fingerprint density at radius 3 is 2.00 bits per heavy atom. The molecule has 0 aromatic carbocycles. The van der Waals surface area contributed by atoms with Crippen molar-refractivity contribution in [3.05, 3.63) is 0 Å². The fourth-order valence-electron chi connectivity index (χ4n) is 1.37. The first-order chi connectivity index (χ1) is 5.98. The first-order valence-electron chi connectivity index (χ1n) is 5.66. The maximum Gasteiger partial charge on any atom is 0.0781 e. The number of hydrogen-bond acceptors (Lipinski definition) is 1. The van der Waals surface area contributed by atoms with Gasteiger partial charge < -0.3 is 5.11 Å². The summed E-state index contributed by atoms with van der Waals surface area (Å²) in [7, 11) is -1.27. The number of aliphatic hydroxyl groups excluding tert-OH is 1. The highest BCUT2D eigenvalue weighted by molar-refractivity contribution is 6.77. The minimum Gasteiger partial charge on any atom is -0.397 e. The summed E-state index contributed by atoms with van der Waals surface area (Å²) in [5.74, 6) is 0. The third-order valence-corrected chi connectivity index (χ3v) is 4.87. The molecule has 0 radical (unpaired) electrons. The zero-order valence-corrected chi connectivity index (χ0v) is 10.8. The molecule has 0 saturated heterocycles. The van der Waals surface area contributed by atoms with Crippen LogP contribution in [0.25, 0.3) is 0 Å². The fourth-order valence-corrected chi connectivity index (χ4v) is 2.44. The van der Waals surface area contributed by atoms with Gasteiger partial charge in [-0.1, -0.05) is 58.7 Å². The van der Waals surface area contributed by atoms with Crippen LogP contribution in [0.1, 0.15) is 45.4 Å². The molecule has 0 fully saturated rings. The molecule has 0 bridgehead atoms. The monoisotopic (exact) mass is 202 g/mol. The molecule has 0 spiro atoms. The highest BCUT2D eigenvalue weighted by Gasteiger charge is 2.23. The lowest BCUT2D eigenvalue weighted by atomic mass is 10.1. The summed E-state index contributed by atoms with van der Waals surface area (Å²) < 4.78 is 0. The van der Waals surface area contributed by atoms with Gasteiger partial charge in [-0.05, 0) is 6.42 Å². The second-order valence-electron chi connectivity index (χ2n) is 5.08. The van der Waals surface area contributed by atoms with Gasteiger partial charge in [0.15, 0.2) is 0 Å². The lowest BCUT2D eigenvalue weighted by Gasteiger charge is -2.23. The van der Waals surface area contributed by atoms with Crippen molar-refractivity contribution in [2.24, 2.45) is 0 Å². The Kier molecular flexibility index (Phi) is 6.69. The zero-order chi connectivity index (χ0) is 10.3. The van der Waals surface area contributed by atoms with E-state index in [1.54, 1.807) is 0 Å². The summed E-state index contributed by atoms with van der Waals surface area (Å²) in [6, 6.07) is 0. The van der Waals surface area contributed by atoms with Crippen molar-refractivity contribution in [2.75, 3.05) is 0 Å². The Morgan fingerprint density at radius 1 is 1.00 bits per heavy atom. The highest BCUT2D eigenvalue weighted by atomic mass is 28.3. The lowest BCUT2D eigenvalue weighted by Crippen LogP contribution is -2.37. The van der Waals surface area contributed by atoms with Crippen LogP contribution in [0.3, 0.4) is 0 Å². The smallest absolute Gasteiger partial charge is 0.0781 e. The molecule has 0 rings (SSSR count). The maximum absolute atomic E-state index is 9.80. The second kappa shape index (κ2) is 6.60. The van der Waals surface area contributed by atoms with E-state index in [1.165, 1.54) is 32.1 Å². The quantitative estimate of drug-likeness (QED) is 0.494. The molecule has 0 aliphatic heterocycles. The van der Waals surface area contributed by atoms with Gasteiger partial charge in [0.05, 0.1) is 8.07 Å². The topological polar surface area (TPSA) is 20.2 Å². The van der Waals surface area contributed by atoms with E-state index in [1.807, 2.05) is 0 Å². The van der Waals surface area contributed by atoms with E-state index in [9.17, 15) is 5.11 Å². The summed E-state index contributed by atoms with van der Waals surface area (Å²) in [5, 5.41) is 9.80. The van der Waals surface area contributed by atoms with Gasteiger partial charge in [0.2, 0.25) is 0 Å². The Hall–Kier alpha value is 0.177. The van der Waals surface area contributed by atoms with Gasteiger partial charge in [-0.15, -0.1) is 0 Å². The van der Waals surface area contributed by atoms with Gasteiger partial charge >= 0.3 is 0 Å². The number of unbranched alkanes of at least 4 members (excludes halogenated alkanes) is 4. The number of hydrogen-bond donors (Lipinski definition) is 1. The summed E-state index contributed by atoms with van der Waals surface area (Å²) in [4.78, 5) is 0. The van der Waals surface area contributed by atoms with Crippen molar-refractivity contribution in [2.45, 2.75) is 70.8 Å². The Balaban J connectivity index is 3.32. The van der Waals surface area contributed by atoms with Crippen molar-refractivity contribution in [3.63, 3.8) is 0 Å². The molecular weight excluding hydrogens is 176 g/mol. The molecule has 1 nitrogen and oxygen atoms in total. The van der Waals surface area contributed by atoms with Crippen LogP contribution in [-0.2, 0) is 0 Å². The van der Waals surface area contributed by atoms with Gasteiger partial charge in [-0.25, -0.2) is 0 Å². The predicted molar refractivity (Wildman–Crippen MR) is 62.7 cm³/mol. The maximum atomic E-state index is 9.80. The van der Waals surface area contributed by atoms with Crippen molar-refractivity contribution in [1.29, 1.82) is 0 Å². The Morgan fingerprint density at radius 2 is 1.54 bits per heavy atom. The normalized spacial score (nSPS) is 14.5. The number of aliphatic hydroxyl groups is 1. The molecule has 0 aromatic rings. The predicted octanol–water partition coefficient (Wildman–Crippen LogP) is 3.59. The van der Waals surface area contributed by atoms with Crippen molar-refractivity contribution >= 4 is 8.07 Å². The lowest BCUT2D eigenvalue weighted by molar-refractivity contribution is 0.228. The first kappa shape index (κ1) is 13.2. The molecule has 13 heavy (non-hydrogen) atoms. The van der Waals surface area contributed by atoms with Crippen molar-refractivity contribution in [3.8, 4) is 0 Å². The van der Waals surface area contributed by atoms with Crippen molar-refractivity contribution < 1.29 is 5.11 Å². The Labute approximate surface area is 84.6 Å². The van der Waals surface area contributed by atoms with Gasteiger partial charge in [0.25, 0.3) is 0 Å². The van der Waals surface area contributed by atoms with Gasteiger partial charge in [-0.3, -0.25) is 0 Å². The molecule has 0 aliphatic carbocycles. The SMILES string of the molecule is CCCCCCCC(O)[Si](C)(C)C. The number of rotatable bonds is 7. The standard InChI is InChI=1S/C11H26OSi/c1-5-6-7-8-9-10-11(12)13(2,3)4/h11-12H,5-10H2,1-4H3. The minimum absolute atomic E-state index is 0.00845. The molecule has 0 aliphatic rings. The van der Waals surface area contributed by atoms with Crippen LogP contribution in [0.4, 0.5) is 0 Å². The average molecular weight is 202 g/mol. The fraction of sp³-hybridized carbons (Fsp3) is 1.00. The minimum atomic E-state index is -1.27. The van der Waals surface area contributed by atoms with E-state index in [0.29, 0.717) is 0 Å². The van der Waals surface area contributed by atoms with Crippen LogP contribution < -0.4 is 0 Å². The zero-order valence-electron chi connectivity index (χ0n) is 9.77. The molecular formula is C11H26OSi. The van der Waals surface area contributed by atoms with E-state index in [0.717, 1.165) is 6.42 Å². The van der Waals surface area contributed by atoms with Gasteiger partial charge in [-0.2, -0.15) is 0 Å². The summed E-state index contributed by atoms with van der Waals surface area (Å²) in [6.45, 7) is 8.95. The molecule has 0 amide bonds. The van der Waals surface area contributed by atoms with E-state index in [4.69, 9.17) is 0 Å². The first-order valence-corrected chi connectivity index (χ1v) is 9.24. The molecule has 1 atom stereocenters. The van der Waals surface area contributed by atoms with Crippen molar-refractivity contribution in [1.82, 2.24) is 0 Å². The highest BCUT2D eigenvalue weighted by Crippen LogP contribution is 2.15. The third kappa shape index (κ3) is 7.26. The van der Waals surface area contributed by atoms with Gasteiger partial charge in [0, 0.05) is 5.73 Å². The molecule has 1 N–H and O–H groups in total. The van der Waals surface area contributed by atoms with Crippen LogP contribution in [-0.4, -0.2) is 18.9 Å². The Bertz CT molecular complexity index is 118. The molecule has 80 valence electrons. The summed E-state index contributed by atoms with van der Waals surface area (Å²) in [6.07, 6.45) is 7.54. The summed E-state index contributed by atoms with van der Waals surface area (Å²) >= 11 is 0. The third-order valence-electron chi connectivity index (χ3n) is 2.58. The van der Waals surface area contributed by atoms with Crippen LogP contribution in [0.5, 0.6) is 0 Å². The largest absolute Gasteiger partial charge is 0.397 e. The second-order valence-corrected chi connectivity index (χ2v) is 10.5. The van der Waals surface area contributed by atoms with Crippen LogP contribution >= 0.6 is 0 Å². The average Bonchev–Trinajstić information content (AvgIpc) is 2.02. The van der Waals surface area contributed by atoms with Crippen LogP contribution in [0.2, 0.25) is 19.6 Å². The molecule has 1 unspecified atom stereocenters. The van der Waals surface area contributed by atoms with E-state index >= 15 is 0 Å².